The van der Waals surface area contributed by atoms with E-state index >= 15 is 0 Å². The highest BCUT2D eigenvalue weighted by atomic mass is 35.5. The minimum absolute atomic E-state index is 0.0945. The molecule has 1 aromatic heterocycles. The van der Waals surface area contributed by atoms with Crippen molar-refractivity contribution in [1.82, 2.24) is 14.8 Å². The summed E-state index contributed by atoms with van der Waals surface area (Å²) in [5, 5.41) is 12.6. The van der Waals surface area contributed by atoms with Crippen molar-refractivity contribution in [3.8, 4) is 5.75 Å². The van der Waals surface area contributed by atoms with Gasteiger partial charge in [-0.05, 0) is 30.2 Å². The number of carbonyl (C=O) groups excluding carboxylic acids is 1. The fourth-order valence-electron chi connectivity index (χ4n) is 2.82. The lowest BCUT2D eigenvalue weighted by Crippen LogP contribution is -2.16. The van der Waals surface area contributed by atoms with Crippen LogP contribution in [-0.4, -0.2) is 26.4 Å². The zero-order chi connectivity index (χ0) is 21.3. The third-order valence-electron chi connectivity index (χ3n) is 4.30. The summed E-state index contributed by atoms with van der Waals surface area (Å²) in [6, 6.07) is 15.1. The number of ether oxygens (including phenoxy) is 1. The second kappa shape index (κ2) is 10.8. The maximum absolute atomic E-state index is 12.4. The van der Waals surface area contributed by atoms with Crippen LogP contribution in [0.25, 0.3) is 0 Å². The highest BCUT2D eigenvalue weighted by Crippen LogP contribution is 2.25. The summed E-state index contributed by atoms with van der Waals surface area (Å²) in [6.07, 6.45) is 2.61. The number of nitrogens with one attached hydrogen (secondary N) is 1. The first-order valence-electron chi connectivity index (χ1n) is 9.53. The molecule has 1 N–H and O–H groups in total. The number of hydrogen-bond acceptors (Lipinski definition) is 5. The van der Waals surface area contributed by atoms with E-state index in [9.17, 15) is 4.79 Å². The Hall–Kier alpha value is -2.77. The number of nitrogens with zero attached hydrogens (tertiary/aromatic N) is 3. The number of allylic oxidation sites excluding steroid dienone is 1. The van der Waals surface area contributed by atoms with Gasteiger partial charge in [0.2, 0.25) is 5.91 Å². The van der Waals surface area contributed by atoms with Crippen LogP contribution in [0.1, 0.15) is 18.3 Å². The van der Waals surface area contributed by atoms with Crippen LogP contribution in [-0.2, 0) is 24.4 Å². The standard InChI is InChI=1S/C22H23ClN4O2S/c1-3-13-27-20(14-29-19-12-8-6-10-17(19)23)25-26-22(27)30-15-21(28)24-18-11-7-5-9-16(18)4-2/h3,5-12H,1,4,13-15H2,2H3,(H,24,28). The van der Waals surface area contributed by atoms with E-state index in [1.54, 1.807) is 18.2 Å². The molecule has 0 saturated heterocycles. The highest BCUT2D eigenvalue weighted by molar-refractivity contribution is 7.99. The van der Waals surface area contributed by atoms with Crippen LogP contribution in [0.2, 0.25) is 5.02 Å². The van der Waals surface area contributed by atoms with Gasteiger partial charge >= 0.3 is 0 Å². The van der Waals surface area contributed by atoms with Crippen molar-refractivity contribution in [2.24, 2.45) is 0 Å². The Balaban J connectivity index is 1.63. The predicted octanol–water partition coefficient (Wildman–Crippen LogP) is 4.99. The predicted molar refractivity (Wildman–Crippen MR) is 121 cm³/mol. The molecule has 0 aliphatic carbocycles. The zero-order valence-corrected chi connectivity index (χ0v) is 18.2. The Morgan fingerprint density at radius 2 is 2.00 bits per heavy atom. The van der Waals surface area contributed by atoms with Gasteiger partial charge in [-0.15, -0.1) is 16.8 Å². The molecule has 0 aliphatic heterocycles. The minimum Gasteiger partial charge on any atom is -0.484 e. The molecule has 8 heteroatoms. The summed E-state index contributed by atoms with van der Waals surface area (Å²) in [5.41, 5.74) is 1.94. The molecule has 0 atom stereocenters. The van der Waals surface area contributed by atoms with Crippen LogP contribution in [0.15, 0.2) is 66.3 Å². The highest BCUT2D eigenvalue weighted by Gasteiger charge is 2.15. The number of anilines is 1. The molecule has 156 valence electrons. The minimum atomic E-state index is -0.0945. The van der Waals surface area contributed by atoms with Gasteiger partial charge in [0.05, 0.1) is 10.8 Å². The number of aryl methyl sites for hydroxylation is 1. The average Bonchev–Trinajstić information content (AvgIpc) is 3.14. The molecule has 3 aromatic rings. The van der Waals surface area contributed by atoms with Gasteiger partial charge in [-0.2, -0.15) is 0 Å². The van der Waals surface area contributed by atoms with E-state index in [4.69, 9.17) is 16.3 Å². The van der Waals surface area contributed by atoms with Crippen LogP contribution in [0.4, 0.5) is 5.69 Å². The van der Waals surface area contributed by atoms with Gasteiger partial charge in [-0.25, -0.2) is 0 Å². The Morgan fingerprint density at radius 1 is 1.23 bits per heavy atom. The van der Waals surface area contributed by atoms with Gasteiger partial charge in [-0.1, -0.05) is 66.7 Å². The molecule has 0 spiro atoms. The topological polar surface area (TPSA) is 69.0 Å². The molecule has 30 heavy (non-hydrogen) atoms. The van der Waals surface area contributed by atoms with E-state index in [0.29, 0.717) is 28.3 Å². The normalized spacial score (nSPS) is 10.6. The number of halogens is 1. The number of amides is 1. The lowest BCUT2D eigenvalue weighted by molar-refractivity contribution is -0.113. The average molecular weight is 443 g/mol. The number of thioether (sulfide) groups is 1. The summed E-state index contributed by atoms with van der Waals surface area (Å²) < 4.78 is 7.65. The molecule has 0 unspecified atom stereocenters. The molecule has 0 bridgehead atoms. The molecule has 3 rings (SSSR count). The van der Waals surface area contributed by atoms with E-state index in [-0.39, 0.29) is 18.3 Å². The van der Waals surface area contributed by atoms with Crippen LogP contribution in [0.5, 0.6) is 5.75 Å². The van der Waals surface area contributed by atoms with E-state index in [1.807, 2.05) is 41.0 Å². The Kier molecular flexibility index (Phi) is 7.93. The molecule has 1 heterocycles. The number of benzene rings is 2. The Morgan fingerprint density at radius 3 is 2.77 bits per heavy atom. The quantitative estimate of drug-likeness (QED) is 0.354. The van der Waals surface area contributed by atoms with Crippen LogP contribution < -0.4 is 10.1 Å². The van der Waals surface area contributed by atoms with Crippen molar-refractivity contribution in [2.45, 2.75) is 31.7 Å². The smallest absolute Gasteiger partial charge is 0.234 e. The number of carbonyl (C=O) groups is 1. The van der Waals surface area contributed by atoms with Gasteiger partial charge in [0.25, 0.3) is 0 Å². The Labute approximate surface area is 185 Å². The summed E-state index contributed by atoms with van der Waals surface area (Å²) in [4.78, 5) is 12.4. The third-order valence-corrected chi connectivity index (χ3v) is 5.58. The van der Waals surface area contributed by atoms with E-state index in [2.05, 4.69) is 29.0 Å². The Bertz CT molecular complexity index is 1020. The lowest BCUT2D eigenvalue weighted by Gasteiger charge is -2.11. The van der Waals surface area contributed by atoms with E-state index in [1.165, 1.54) is 11.8 Å². The fraction of sp³-hybridized carbons (Fsp3) is 0.227. The maximum Gasteiger partial charge on any atom is 0.234 e. The second-order valence-electron chi connectivity index (χ2n) is 6.36. The van der Waals surface area contributed by atoms with Gasteiger partial charge in [0.1, 0.15) is 12.4 Å². The molecule has 6 nitrogen and oxygen atoms in total. The number of hydrogen-bond donors (Lipinski definition) is 1. The third kappa shape index (κ3) is 5.64. The van der Waals surface area contributed by atoms with E-state index in [0.717, 1.165) is 17.7 Å². The van der Waals surface area contributed by atoms with E-state index < -0.39 is 0 Å². The molecule has 2 aromatic carbocycles. The van der Waals surface area contributed by atoms with Crippen molar-refractivity contribution in [1.29, 1.82) is 0 Å². The van der Waals surface area contributed by atoms with Crippen molar-refractivity contribution in [3.63, 3.8) is 0 Å². The molecular formula is C22H23ClN4O2S. The number of aromatic nitrogens is 3. The summed E-state index contributed by atoms with van der Waals surface area (Å²) >= 11 is 7.46. The SMILES string of the molecule is C=CCn1c(COc2ccccc2Cl)nnc1SCC(=O)Nc1ccccc1CC. The fourth-order valence-corrected chi connectivity index (χ4v) is 3.77. The molecule has 0 saturated carbocycles. The van der Waals surface area contributed by atoms with Crippen molar-refractivity contribution in [2.75, 3.05) is 11.1 Å². The first-order chi connectivity index (χ1) is 14.6. The summed E-state index contributed by atoms with van der Waals surface area (Å²) in [7, 11) is 0. The summed E-state index contributed by atoms with van der Waals surface area (Å²) in [6.45, 7) is 6.57. The van der Waals surface area contributed by atoms with Crippen molar-refractivity contribution in [3.05, 3.63) is 77.6 Å². The van der Waals surface area contributed by atoms with Gasteiger partial charge in [0.15, 0.2) is 11.0 Å². The molecule has 0 aliphatic rings. The van der Waals surface area contributed by atoms with Crippen LogP contribution in [0.3, 0.4) is 0 Å². The maximum atomic E-state index is 12.4. The number of para-hydroxylation sites is 2. The van der Waals surface area contributed by atoms with Gasteiger partial charge < -0.3 is 10.1 Å². The number of rotatable bonds is 10. The zero-order valence-electron chi connectivity index (χ0n) is 16.7. The lowest BCUT2D eigenvalue weighted by atomic mass is 10.1. The summed E-state index contributed by atoms with van der Waals surface area (Å²) in [5.74, 6) is 1.34. The first kappa shape index (κ1) is 21.9. The molecule has 0 radical (unpaired) electrons. The molecular weight excluding hydrogens is 420 g/mol. The van der Waals surface area contributed by atoms with Crippen molar-refractivity contribution < 1.29 is 9.53 Å². The largest absolute Gasteiger partial charge is 0.484 e. The molecule has 0 fully saturated rings. The van der Waals surface area contributed by atoms with Crippen LogP contribution >= 0.6 is 23.4 Å². The monoisotopic (exact) mass is 442 g/mol. The van der Waals surface area contributed by atoms with Gasteiger partial charge in [-0.3, -0.25) is 9.36 Å². The van der Waals surface area contributed by atoms with Crippen molar-refractivity contribution >= 4 is 35.0 Å². The molecule has 1 amide bonds. The second-order valence-corrected chi connectivity index (χ2v) is 7.71. The van der Waals surface area contributed by atoms with Gasteiger partial charge in [0, 0.05) is 12.2 Å². The van der Waals surface area contributed by atoms with Crippen LogP contribution in [0, 0.1) is 0 Å². The first-order valence-corrected chi connectivity index (χ1v) is 10.9.